The second-order valence-electron chi connectivity index (χ2n) is 1.37. The van der Waals surface area contributed by atoms with Gasteiger partial charge in [0.1, 0.15) is 0 Å². The lowest BCUT2D eigenvalue weighted by Crippen LogP contribution is -2.16. The summed E-state index contributed by atoms with van der Waals surface area (Å²) in [7, 11) is 1.31. The highest BCUT2D eigenvalue weighted by atomic mass is 19.4. The van der Waals surface area contributed by atoms with Crippen LogP contribution < -0.4 is 0 Å². The first-order valence-corrected chi connectivity index (χ1v) is 2.56. The summed E-state index contributed by atoms with van der Waals surface area (Å²) in [6.07, 6.45) is -4.83. The Hall–Kier alpha value is -1.27. The number of alkyl halides is 3. The Kier molecular flexibility index (Phi) is 7.15. The predicted molar refractivity (Wildman–Crippen MR) is 30.9 cm³/mol. The molecule has 0 aromatic heterocycles. The molecule has 0 aliphatic carbocycles. The third-order valence-electron chi connectivity index (χ3n) is 0.356. The van der Waals surface area contributed by atoms with E-state index < -0.39 is 12.3 Å². The normalized spacial score (nSPS) is 9.08. The molecular formula is C5H7F3O4. The van der Waals surface area contributed by atoms with Gasteiger partial charge in [-0.15, -0.1) is 13.2 Å². The van der Waals surface area contributed by atoms with Crippen molar-refractivity contribution in [2.24, 2.45) is 0 Å². The van der Waals surface area contributed by atoms with Gasteiger partial charge in [-0.25, -0.2) is 0 Å². The van der Waals surface area contributed by atoms with Gasteiger partial charge in [-0.05, 0) is 0 Å². The number of rotatable bonds is 1. The third kappa shape index (κ3) is 23.3. The molecule has 0 aromatic carbocycles. The van der Waals surface area contributed by atoms with E-state index >= 15 is 0 Å². The van der Waals surface area contributed by atoms with Crippen molar-refractivity contribution in [2.75, 3.05) is 7.11 Å². The molecule has 72 valence electrons. The Bertz CT molecular complexity index is 142. The van der Waals surface area contributed by atoms with Crippen LogP contribution in [-0.4, -0.2) is 25.9 Å². The lowest BCUT2D eigenvalue weighted by Gasteiger charge is -2.02. The van der Waals surface area contributed by atoms with Crippen LogP contribution in [0.25, 0.3) is 0 Å². The maximum atomic E-state index is 10.9. The highest BCUT2D eigenvalue weighted by molar-refractivity contribution is 5.66. The lowest BCUT2D eigenvalue weighted by molar-refractivity contribution is -0.304. The van der Waals surface area contributed by atoms with Gasteiger partial charge in [0.25, 0.3) is 6.47 Å². The van der Waals surface area contributed by atoms with E-state index in [1.165, 1.54) is 7.11 Å². The zero-order valence-electron chi connectivity index (χ0n) is 6.34. The van der Waals surface area contributed by atoms with Crippen molar-refractivity contribution in [2.45, 2.75) is 13.3 Å². The molecule has 0 rings (SSSR count). The molecule has 0 saturated carbocycles. The second-order valence-corrected chi connectivity index (χ2v) is 1.37. The SMILES string of the molecule is CC(=O)OC(F)(F)F.COC=O. The summed E-state index contributed by atoms with van der Waals surface area (Å²) >= 11 is 0. The molecule has 0 N–H and O–H groups in total. The van der Waals surface area contributed by atoms with Gasteiger partial charge in [0.15, 0.2) is 0 Å². The first-order valence-electron chi connectivity index (χ1n) is 2.56. The minimum atomic E-state index is -4.83. The monoisotopic (exact) mass is 188 g/mol. The summed E-state index contributed by atoms with van der Waals surface area (Å²) in [6.45, 7) is 1.06. The molecular weight excluding hydrogens is 181 g/mol. The van der Waals surface area contributed by atoms with Crippen LogP contribution in [0.1, 0.15) is 6.92 Å². The van der Waals surface area contributed by atoms with Gasteiger partial charge in [0.05, 0.1) is 7.11 Å². The van der Waals surface area contributed by atoms with Crippen molar-refractivity contribution in [3.63, 3.8) is 0 Å². The molecule has 0 aliphatic heterocycles. The summed E-state index contributed by atoms with van der Waals surface area (Å²) in [5.74, 6) is -1.35. The maximum absolute atomic E-state index is 10.9. The molecule has 0 saturated heterocycles. The first-order chi connectivity index (χ1) is 5.33. The van der Waals surface area contributed by atoms with Crippen molar-refractivity contribution in [3.8, 4) is 0 Å². The molecule has 0 heterocycles. The number of methoxy groups -OCH3 is 1. The van der Waals surface area contributed by atoms with Crippen molar-refractivity contribution < 1.29 is 32.2 Å². The number of carbonyl (C=O) groups excluding carboxylic acids is 2. The zero-order valence-corrected chi connectivity index (χ0v) is 6.34. The van der Waals surface area contributed by atoms with Crippen LogP contribution in [0, 0.1) is 0 Å². The van der Waals surface area contributed by atoms with E-state index in [9.17, 15) is 18.0 Å². The summed E-state index contributed by atoms with van der Waals surface area (Å²) in [6, 6.07) is 0. The highest BCUT2D eigenvalue weighted by Crippen LogP contribution is 2.15. The molecule has 12 heavy (non-hydrogen) atoms. The van der Waals surface area contributed by atoms with Gasteiger partial charge >= 0.3 is 12.3 Å². The van der Waals surface area contributed by atoms with E-state index in [4.69, 9.17) is 4.79 Å². The van der Waals surface area contributed by atoms with Crippen LogP contribution in [0.15, 0.2) is 0 Å². The van der Waals surface area contributed by atoms with Crippen molar-refractivity contribution in [3.05, 3.63) is 0 Å². The average Bonchev–Trinajstić information content (AvgIpc) is 1.83. The van der Waals surface area contributed by atoms with Gasteiger partial charge in [-0.2, -0.15) is 0 Å². The van der Waals surface area contributed by atoms with Gasteiger partial charge in [-0.3, -0.25) is 9.59 Å². The number of esters is 1. The zero-order chi connectivity index (χ0) is 10.2. The quantitative estimate of drug-likeness (QED) is 0.452. The summed E-state index contributed by atoms with van der Waals surface area (Å²) in [4.78, 5) is 18.5. The minimum absolute atomic E-state index is 0.375. The molecule has 0 spiro atoms. The molecule has 7 heteroatoms. The van der Waals surface area contributed by atoms with Crippen LogP contribution >= 0.6 is 0 Å². The van der Waals surface area contributed by atoms with Gasteiger partial charge in [0, 0.05) is 6.92 Å². The standard InChI is InChI=1S/C3H3F3O2.C2H4O2/c1-2(7)8-3(4,5)6;1-4-2-3/h1H3;2H,1H3. The van der Waals surface area contributed by atoms with Gasteiger partial charge < -0.3 is 9.47 Å². The van der Waals surface area contributed by atoms with Crippen LogP contribution in [-0.2, 0) is 19.1 Å². The van der Waals surface area contributed by atoms with E-state index in [1.807, 2.05) is 0 Å². The molecule has 0 amide bonds. The van der Waals surface area contributed by atoms with E-state index in [1.54, 1.807) is 0 Å². The molecule has 0 aromatic rings. The Morgan fingerprint density at radius 2 is 1.75 bits per heavy atom. The molecule has 0 atom stereocenters. The molecule has 0 radical (unpaired) electrons. The molecule has 4 nitrogen and oxygen atoms in total. The Morgan fingerprint density at radius 3 is 1.75 bits per heavy atom. The molecule has 0 bridgehead atoms. The van der Waals surface area contributed by atoms with Gasteiger partial charge in [0.2, 0.25) is 0 Å². The third-order valence-corrected chi connectivity index (χ3v) is 0.356. The number of halogens is 3. The molecule has 0 fully saturated rings. The van der Waals surface area contributed by atoms with Crippen LogP contribution in [0.2, 0.25) is 0 Å². The van der Waals surface area contributed by atoms with Crippen LogP contribution in [0.4, 0.5) is 13.2 Å². The Balaban J connectivity index is 0. The van der Waals surface area contributed by atoms with Gasteiger partial charge in [-0.1, -0.05) is 0 Å². The topological polar surface area (TPSA) is 52.6 Å². The number of ether oxygens (including phenoxy) is 2. The largest absolute Gasteiger partial charge is 0.575 e. The van der Waals surface area contributed by atoms with E-state index in [0.717, 1.165) is 0 Å². The Morgan fingerprint density at radius 1 is 1.42 bits per heavy atom. The second kappa shape index (κ2) is 6.44. The van der Waals surface area contributed by atoms with Crippen molar-refractivity contribution in [1.29, 1.82) is 0 Å². The maximum Gasteiger partial charge on any atom is 0.575 e. The first kappa shape index (κ1) is 13.3. The number of hydrogen-bond donors (Lipinski definition) is 0. The fourth-order valence-electron chi connectivity index (χ4n) is 0.163. The van der Waals surface area contributed by atoms with Crippen molar-refractivity contribution >= 4 is 12.4 Å². The van der Waals surface area contributed by atoms with Crippen molar-refractivity contribution in [1.82, 2.24) is 0 Å². The fourth-order valence-corrected chi connectivity index (χ4v) is 0.163. The minimum Gasteiger partial charge on any atom is -0.471 e. The highest BCUT2D eigenvalue weighted by Gasteiger charge is 2.32. The average molecular weight is 188 g/mol. The fraction of sp³-hybridized carbons (Fsp3) is 0.600. The van der Waals surface area contributed by atoms with E-state index in [0.29, 0.717) is 13.4 Å². The number of carbonyl (C=O) groups is 2. The predicted octanol–water partition coefficient (Wildman–Crippen LogP) is 0.859. The summed E-state index contributed by atoms with van der Waals surface area (Å²) in [5.41, 5.74) is 0. The summed E-state index contributed by atoms with van der Waals surface area (Å²) in [5, 5.41) is 0. The number of hydrogen-bond acceptors (Lipinski definition) is 4. The van der Waals surface area contributed by atoms with E-state index in [2.05, 4.69) is 9.47 Å². The van der Waals surface area contributed by atoms with E-state index in [-0.39, 0.29) is 0 Å². The summed E-state index contributed by atoms with van der Waals surface area (Å²) < 4.78 is 39.2. The van der Waals surface area contributed by atoms with Crippen LogP contribution in [0.5, 0.6) is 0 Å². The Labute approximate surface area is 66.3 Å². The lowest BCUT2D eigenvalue weighted by atomic mass is 10.8. The smallest absolute Gasteiger partial charge is 0.471 e. The van der Waals surface area contributed by atoms with Crippen LogP contribution in [0.3, 0.4) is 0 Å². The molecule has 0 unspecified atom stereocenters. The molecule has 0 aliphatic rings.